The summed E-state index contributed by atoms with van der Waals surface area (Å²) in [6.45, 7) is 4.00. The monoisotopic (exact) mass is 408 g/mol. The summed E-state index contributed by atoms with van der Waals surface area (Å²) in [5.74, 6) is 1.37. The van der Waals surface area contributed by atoms with Crippen LogP contribution < -0.4 is 5.32 Å². The van der Waals surface area contributed by atoms with Gasteiger partial charge in [-0.25, -0.2) is 4.98 Å². The van der Waals surface area contributed by atoms with E-state index in [9.17, 15) is 4.79 Å². The number of aromatic nitrogens is 3. The fraction of sp³-hybridized carbons (Fsp3) is 0.238. The first-order valence-electron chi connectivity index (χ1n) is 9.24. The molecule has 0 saturated carbocycles. The number of hydrogen-bond acceptors (Lipinski definition) is 7. The Bertz CT molecular complexity index is 1120. The van der Waals surface area contributed by atoms with Crippen LogP contribution in [0.5, 0.6) is 0 Å². The number of oxazole rings is 1. The van der Waals surface area contributed by atoms with Gasteiger partial charge in [0.05, 0.1) is 5.75 Å². The molecule has 0 unspecified atom stereocenters. The summed E-state index contributed by atoms with van der Waals surface area (Å²) in [5.41, 5.74) is 4.59. The van der Waals surface area contributed by atoms with Crippen molar-refractivity contribution in [2.75, 3.05) is 5.32 Å². The summed E-state index contributed by atoms with van der Waals surface area (Å²) in [5, 5.41) is 7.44. The molecule has 7 nitrogen and oxygen atoms in total. The van der Waals surface area contributed by atoms with Crippen molar-refractivity contribution in [2.45, 2.75) is 37.7 Å². The molecule has 0 atom stereocenters. The Balaban J connectivity index is 1.28. The highest BCUT2D eigenvalue weighted by molar-refractivity contribution is 7.98. The van der Waals surface area contributed by atoms with Gasteiger partial charge in [0.2, 0.25) is 11.8 Å². The second kappa shape index (κ2) is 8.48. The SMILES string of the molecule is Cc1ccc(NC(=O)CCc2nc(CSc3nc4ccccc4o3)no2)c(C)c1. The topological polar surface area (TPSA) is 94.1 Å². The minimum atomic E-state index is -0.0856. The molecule has 0 saturated heterocycles. The highest BCUT2D eigenvalue weighted by atomic mass is 32.2. The van der Waals surface area contributed by atoms with E-state index in [2.05, 4.69) is 20.4 Å². The third kappa shape index (κ3) is 4.83. The predicted octanol–water partition coefficient (Wildman–Crippen LogP) is 4.69. The zero-order valence-electron chi connectivity index (χ0n) is 16.1. The van der Waals surface area contributed by atoms with E-state index >= 15 is 0 Å². The van der Waals surface area contributed by atoms with Crippen molar-refractivity contribution in [3.63, 3.8) is 0 Å². The van der Waals surface area contributed by atoms with Crippen LogP contribution in [0, 0.1) is 13.8 Å². The van der Waals surface area contributed by atoms with Crippen LogP contribution in [0.3, 0.4) is 0 Å². The molecule has 29 heavy (non-hydrogen) atoms. The van der Waals surface area contributed by atoms with E-state index in [1.807, 2.05) is 56.3 Å². The van der Waals surface area contributed by atoms with E-state index in [4.69, 9.17) is 8.94 Å². The number of carbonyl (C=O) groups excluding carboxylic acids is 1. The molecule has 8 heteroatoms. The summed E-state index contributed by atoms with van der Waals surface area (Å²) in [6.07, 6.45) is 0.657. The number of benzene rings is 2. The number of nitrogens with zero attached hydrogens (tertiary/aromatic N) is 3. The molecule has 0 radical (unpaired) electrons. The van der Waals surface area contributed by atoms with Gasteiger partial charge in [-0.05, 0) is 37.6 Å². The molecule has 0 fully saturated rings. The number of nitrogens with one attached hydrogen (secondary N) is 1. The van der Waals surface area contributed by atoms with E-state index in [1.54, 1.807) is 0 Å². The van der Waals surface area contributed by atoms with Gasteiger partial charge < -0.3 is 14.3 Å². The minimum absolute atomic E-state index is 0.0856. The molecule has 2 aromatic carbocycles. The van der Waals surface area contributed by atoms with Crippen LogP contribution >= 0.6 is 11.8 Å². The number of hydrogen-bond donors (Lipinski definition) is 1. The number of anilines is 1. The van der Waals surface area contributed by atoms with Gasteiger partial charge in [-0.15, -0.1) is 0 Å². The number of rotatable bonds is 7. The van der Waals surface area contributed by atoms with Crippen molar-refractivity contribution in [2.24, 2.45) is 0 Å². The van der Waals surface area contributed by atoms with E-state index < -0.39 is 0 Å². The summed E-state index contributed by atoms with van der Waals surface area (Å²) in [4.78, 5) is 20.9. The maximum atomic E-state index is 12.2. The molecule has 2 heterocycles. The van der Waals surface area contributed by atoms with Crippen LogP contribution in [0.1, 0.15) is 29.3 Å². The van der Waals surface area contributed by atoms with E-state index in [-0.39, 0.29) is 12.3 Å². The number of fused-ring (bicyclic) bond motifs is 1. The first-order valence-corrected chi connectivity index (χ1v) is 10.2. The van der Waals surface area contributed by atoms with E-state index in [0.717, 1.165) is 27.9 Å². The van der Waals surface area contributed by atoms with Gasteiger partial charge in [0.25, 0.3) is 5.22 Å². The number of amides is 1. The van der Waals surface area contributed by atoms with Crippen LogP contribution in [-0.2, 0) is 17.0 Å². The highest BCUT2D eigenvalue weighted by Crippen LogP contribution is 2.25. The molecule has 0 spiro atoms. The minimum Gasteiger partial charge on any atom is -0.431 e. The summed E-state index contributed by atoms with van der Waals surface area (Å²) < 4.78 is 10.9. The number of aryl methyl sites for hydroxylation is 3. The zero-order valence-corrected chi connectivity index (χ0v) is 17.0. The first kappa shape index (κ1) is 19.2. The summed E-state index contributed by atoms with van der Waals surface area (Å²) in [7, 11) is 0. The number of para-hydroxylation sites is 2. The molecule has 4 rings (SSSR count). The molecule has 1 amide bonds. The lowest BCUT2D eigenvalue weighted by Gasteiger charge is -2.08. The molecule has 0 aliphatic carbocycles. The van der Waals surface area contributed by atoms with Crippen LogP contribution in [-0.4, -0.2) is 21.0 Å². The molecule has 148 valence electrons. The molecule has 0 aliphatic heterocycles. The maximum absolute atomic E-state index is 12.2. The van der Waals surface area contributed by atoms with Gasteiger partial charge in [-0.2, -0.15) is 4.98 Å². The van der Waals surface area contributed by atoms with Crippen molar-refractivity contribution in [3.05, 3.63) is 65.3 Å². The first-order chi connectivity index (χ1) is 14.1. The predicted molar refractivity (Wildman–Crippen MR) is 111 cm³/mol. The molecular weight excluding hydrogens is 388 g/mol. The Morgan fingerprint density at radius 2 is 2.00 bits per heavy atom. The van der Waals surface area contributed by atoms with E-state index in [1.165, 1.54) is 11.8 Å². The smallest absolute Gasteiger partial charge is 0.257 e. The van der Waals surface area contributed by atoms with Gasteiger partial charge in [0.15, 0.2) is 11.4 Å². The normalized spacial score (nSPS) is 11.1. The Morgan fingerprint density at radius 3 is 2.83 bits per heavy atom. The fourth-order valence-electron chi connectivity index (χ4n) is 2.88. The lowest BCUT2D eigenvalue weighted by Crippen LogP contribution is -2.13. The Morgan fingerprint density at radius 1 is 1.14 bits per heavy atom. The summed E-state index contributed by atoms with van der Waals surface area (Å²) in [6, 6.07) is 13.5. The second-order valence-corrected chi connectivity index (χ2v) is 7.63. The standard InChI is InChI=1S/C21H20N4O3S/c1-13-7-8-15(14(2)11-13)22-19(26)9-10-20-24-18(25-28-20)12-29-21-23-16-5-3-4-6-17(16)27-21/h3-8,11H,9-10,12H2,1-2H3,(H,22,26). The van der Waals surface area contributed by atoms with E-state index in [0.29, 0.717) is 29.1 Å². The van der Waals surface area contributed by atoms with Gasteiger partial charge in [0, 0.05) is 18.5 Å². The van der Waals surface area contributed by atoms with Crippen molar-refractivity contribution in [1.29, 1.82) is 0 Å². The van der Waals surface area contributed by atoms with Crippen molar-refractivity contribution in [3.8, 4) is 0 Å². The average molecular weight is 408 g/mol. The molecule has 0 bridgehead atoms. The van der Waals surface area contributed by atoms with Crippen LogP contribution in [0.15, 0.2) is 56.6 Å². The number of thioether (sulfide) groups is 1. The third-order valence-corrected chi connectivity index (χ3v) is 5.16. The average Bonchev–Trinajstić information content (AvgIpc) is 3.33. The molecule has 2 aromatic heterocycles. The largest absolute Gasteiger partial charge is 0.431 e. The lowest BCUT2D eigenvalue weighted by molar-refractivity contribution is -0.116. The van der Waals surface area contributed by atoms with Crippen LogP contribution in [0.4, 0.5) is 5.69 Å². The van der Waals surface area contributed by atoms with Crippen molar-refractivity contribution >= 4 is 34.5 Å². The zero-order chi connectivity index (χ0) is 20.2. The Kier molecular flexibility index (Phi) is 5.62. The molecule has 1 N–H and O–H groups in total. The number of carbonyl (C=O) groups is 1. The molecule has 4 aromatic rings. The van der Waals surface area contributed by atoms with Crippen LogP contribution in [0.25, 0.3) is 11.1 Å². The quantitative estimate of drug-likeness (QED) is 0.443. The van der Waals surface area contributed by atoms with Gasteiger partial charge in [-0.1, -0.05) is 46.7 Å². The van der Waals surface area contributed by atoms with Crippen LogP contribution in [0.2, 0.25) is 0 Å². The van der Waals surface area contributed by atoms with Gasteiger partial charge in [0.1, 0.15) is 5.52 Å². The van der Waals surface area contributed by atoms with Crippen molar-refractivity contribution < 1.29 is 13.7 Å². The highest BCUT2D eigenvalue weighted by Gasteiger charge is 2.12. The summed E-state index contributed by atoms with van der Waals surface area (Å²) >= 11 is 1.40. The third-order valence-electron chi connectivity index (χ3n) is 4.33. The lowest BCUT2D eigenvalue weighted by atomic mass is 10.1. The molecular formula is C21H20N4O3S. The Labute approximate surface area is 171 Å². The Hall–Kier alpha value is -3.13. The fourth-order valence-corrected chi connectivity index (χ4v) is 3.56. The van der Waals surface area contributed by atoms with Gasteiger partial charge >= 0.3 is 0 Å². The van der Waals surface area contributed by atoms with Gasteiger partial charge in [-0.3, -0.25) is 4.79 Å². The van der Waals surface area contributed by atoms with Crippen molar-refractivity contribution in [1.82, 2.24) is 15.1 Å². The maximum Gasteiger partial charge on any atom is 0.257 e. The second-order valence-electron chi connectivity index (χ2n) is 6.71. The molecule has 0 aliphatic rings.